The third-order valence-electron chi connectivity index (χ3n) is 2.44. The summed E-state index contributed by atoms with van der Waals surface area (Å²) >= 11 is 0. The molecule has 1 atom stereocenters. The maximum atomic E-state index is 5.83. The lowest BCUT2D eigenvalue weighted by molar-refractivity contribution is 0.553. The molecule has 2 aromatic rings. The monoisotopic (exact) mass is 218 g/mol. The van der Waals surface area contributed by atoms with Crippen LogP contribution >= 0.6 is 0 Å². The van der Waals surface area contributed by atoms with E-state index in [4.69, 9.17) is 16.0 Å². The van der Waals surface area contributed by atoms with Gasteiger partial charge in [-0.25, -0.2) is 10.4 Å². The first-order valence-electron chi connectivity index (χ1n) is 4.92. The minimum Gasteiger partial charge on any atom is -0.472 e. The number of rotatable bonds is 3. The lowest BCUT2D eigenvalue weighted by atomic mass is 10.0. The fourth-order valence-electron chi connectivity index (χ4n) is 1.64. The first-order valence-corrected chi connectivity index (χ1v) is 4.92. The van der Waals surface area contributed by atoms with Gasteiger partial charge in [-0.3, -0.25) is 5.84 Å². The zero-order chi connectivity index (χ0) is 11.5. The molecule has 2 rings (SSSR count). The smallest absolute Gasteiger partial charge is 0.128 e. The van der Waals surface area contributed by atoms with Crippen LogP contribution in [0.15, 0.2) is 35.3 Å². The number of pyridine rings is 1. The second-order valence-corrected chi connectivity index (χ2v) is 3.64. The summed E-state index contributed by atoms with van der Waals surface area (Å²) in [5.41, 5.74) is 11.3. The molecule has 5 N–H and O–H groups in total. The summed E-state index contributed by atoms with van der Waals surface area (Å²) in [7, 11) is 0. The first kappa shape index (κ1) is 10.7. The summed E-state index contributed by atoms with van der Waals surface area (Å²) in [5, 5.41) is 0. The van der Waals surface area contributed by atoms with E-state index in [1.165, 1.54) is 0 Å². The van der Waals surface area contributed by atoms with E-state index in [0.717, 1.165) is 16.7 Å². The van der Waals surface area contributed by atoms with Crippen molar-refractivity contribution in [1.82, 2.24) is 10.4 Å². The number of furan rings is 1. The molecule has 2 heterocycles. The molecule has 1 unspecified atom stereocenters. The second-order valence-electron chi connectivity index (χ2n) is 3.64. The Hall–Kier alpha value is -1.85. The van der Waals surface area contributed by atoms with Crippen molar-refractivity contribution in [2.45, 2.75) is 13.0 Å². The SMILES string of the molecule is Cc1cnc(N)c(C(NN)c2ccoc2)c1. The Bertz CT molecular complexity index is 467. The number of aryl methyl sites for hydroxylation is 1. The Morgan fingerprint density at radius 3 is 2.94 bits per heavy atom. The molecule has 0 saturated heterocycles. The third kappa shape index (κ3) is 1.91. The van der Waals surface area contributed by atoms with Crippen molar-refractivity contribution in [3.63, 3.8) is 0 Å². The van der Waals surface area contributed by atoms with Crippen LogP contribution in [0.4, 0.5) is 5.82 Å². The third-order valence-corrected chi connectivity index (χ3v) is 2.44. The van der Waals surface area contributed by atoms with Crippen molar-refractivity contribution in [3.05, 3.63) is 47.5 Å². The van der Waals surface area contributed by atoms with Gasteiger partial charge < -0.3 is 10.2 Å². The lowest BCUT2D eigenvalue weighted by Crippen LogP contribution is -2.29. The van der Waals surface area contributed by atoms with Crippen LogP contribution in [0.25, 0.3) is 0 Å². The maximum Gasteiger partial charge on any atom is 0.128 e. The van der Waals surface area contributed by atoms with E-state index in [-0.39, 0.29) is 6.04 Å². The van der Waals surface area contributed by atoms with Gasteiger partial charge in [0.1, 0.15) is 5.82 Å². The molecule has 0 aliphatic rings. The van der Waals surface area contributed by atoms with Crippen LogP contribution in [0.1, 0.15) is 22.7 Å². The molecule has 5 nitrogen and oxygen atoms in total. The van der Waals surface area contributed by atoms with Crippen molar-refractivity contribution in [1.29, 1.82) is 0 Å². The van der Waals surface area contributed by atoms with Gasteiger partial charge in [-0.2, -0.15) is 0 Å². The van der Waals surface area contributed by atoms with Crippen molar-refractivity contribution in [3.8, 4) is 0 Å². The predicted octanol–water partition coefficient (Wildman–Crippen LogP) is 1.12. The minimum absolute atomic E-state index is 0.203. The standard InChI is InChI=1S/C11H14N4O/c1-7-4-9(11(12)14-5-7)10(15-13)8-2-3-16-6-8/h2-6,10,15H,13H2,1H3,(H2,12,14). The van der Waals surface area contributed by atoms with E-state index in [0.29, 0.717) is 5.82 Å². The Morgan fingerprint density at radius 1 is 1.50 bits per heavy atom. The molecule has 0 aromatic carbocycles. The fraction of sp³-hybridized carbons (Fsp3) is 0.182. The van der Waals surface area contributed by atoms with Gasteiger partial charge in [0, 0.05) is 17.3 Å². The zero-order valence-electron chi connectivity index (χ0n) is 8.97. The van der Waals surface area contributed by atoms with E-state index in [1.54, 1.807) is 18.7 Å². The summed E-state index contributed by atoms with van der Waals surface area (Å²) in [6, 6.07) is 3.60. The summed E-state index contributed by atoms with van der Waals surface area (Å²) in [4.78, 5) is 4.11. The number of nitrogens with zero attached hydrogens (tertiary/aromatic N) is 1. The van der Waals surface area contributed by atoms with E-state index in [1.807, 2.05) is 19.1 Å². The topological polar surface area (TPSA) is 90.1 Å². The highest BCUT2D eigenvalue weighted by molar-refractivity contribution is 5.46. The average molecular weight is 218 g/mol. The van der Waals surface area contributed by atoms with Crippen LogP contribution < -0.4 is 17.0 Å². The van der Waals surface area contributed by atoms with Gasteiger partial charge in [-0.15, -0.1) is 0 Å². The number of hydrazine groups is 1. The van der Waals surface area contributed by atoms with E-state index in [2.05, 4.69) is 10.4 Å². The van der Waals surface area contributed by atoms with E-state index in [9.17, 15) is 0 Å². The van der Waals surface area contributed by atoms with Crippen LogP contribution in [-0.4, -0.2) is 4.98 Å². The first-order chi connectivity index (χ1) is 7.72. The van der Waals surface area contributed by atoms with Crippen LogP contribution in [-0.2, 0) is 0 Å². The van der Waals surface area contributed by atoms with E-state index >= 15 is 0 Å². The number of hydrogen-bond donors (Lipinski definition) is 3. The Balaban J connectivity index is 2.44. The van der Waals surface area contributed by atoms with Crippen LogP contribution in [0, 0.1) is 6.92 Å². The predicted molar refractivity (Wildman–Crippen MR) is 61.3 cm³/mol. The van der Waals surface area contributed by atoms with Crippen LogP contribution in [0.2, 0.25) is 0 Å². The van der Waals surface area contributed by atoms with Crippen molar-refractivity contribution in [2.75, 3.05) is 5.73 Å². The number of aromatic nitrogens is 1. The molecular weight excluding hydrogens is 204 g/mol. The highest BCUT2D eigenvalue weighted by Gasteiger charge is 2.17. The molecule has 16 heavy (non-hydrogen) atoms. The number of nitrogen functional groups attached to an aromatic ring is 1. The van der Waals surface area contributed by atoms with Gasteiger partial charge in [0.05, 0.1) is 18.6 Å². The normalized spacial score (nSPS) is 12.6. The van der Waals surface area contributed by atoms with Gasteiger partial charge in [-0.1, -0.05) is 0 Å². The Labute approximate surface area is 93.4 Å². The van der Waals surface area contributed by atoms with Crippen LogP contribution in [0.5, 0.6) is 0 Å². The maximum absolute atomic E-state index is 5.83. The number of nitrogens with two attached hydrogens (primary N) is 2. The van der Waals surface area contributed by atoms with Crippen molar-refractivity contribution < 1.29 is 4.42 Å². The minimum atomic E-state index is -0.203. The molecule has 0 fully saturated rings. The molecular formula is C11H14N4O. The van der Waals surface area contributed by atoms with Gasteiger partial charge in [0.15, 0.2) is 0 Å². The summed E-state index contributed by atoms with van der Waals surface area (Å²) in [6.07, 6.45) is 4.95. The summed E-state index contributed by atoms with van der Waals surface area (Å²) in [6.45, 7) is 1.96. The second kappa shape index (κ2) is 4.34. The molecule has 0 aliphatic carbocycles. The molecule has 0 bridgehead atoms. The number of nitrogens with one attached hydrogen (secondary N) is 1. The fourth-order valence-corrected chi connectivity index (χ4v) is 1.64. The van der Waals surface area contributed by atoms with Gasteiger partial charge in [0.2, 0.25) is 0 Å². The summed E-state index contributed by atoms with van der Waals surface area (Å²) < 4.78 is 5.03. The Kier molecular flexibility index (Phi) is 2.89. The molecule has 84 valence electrons. The highest BCUT2D eigenvalue weighted by atomic mass is 16.3. The molecule has 5 heteroatoms. The van der Waals surface area contributed by atoms with Crippen molar-refractivity contribution >= 4 is 5.82 Å². The lowest BCUT2D eigenvalue weighted by Gasteiger charge is -2.16. The highest BCUT2D eigenvalue weighted by Crippen LogP contribution is 2.25. The average Bonchev–Trinajstić information content (AvgIpc) is 2.78. The molecule has 0 saturated carbocycles. The van der Waals surface area contributed by atoms with Gasteiger partial charge in [0.25, 0.3) is 0 Å². The zero-order valence-corrected chi connectivity index (χ0v) is 8.97. The number of hydrogen-bond acceptors (Lipinski definition) is 5. The van der Waals surface area contributed by atoms with Crippen molar-refractivity contribution in [2.24, 2.45) is 5.84 Å². The van der Waals surface area contributed by atoms with Crippen LogP contribution in [0.3, 0.4) is 0 Å². The molecule has 0 radical (unpaired) electrons. The largest absolute Gasteiger partial charge is 0.472 e. The molecule has 0 spiro atoms. The Morgan fingerprint density at radius 2 is 2.31 bits per heavy atom. The van der Waals surface area contributed by atoms with E-state index < -0.39 is 0 Å². The van der Waals surface area contributed by atoms with Gasteiger partial charge >= 0.3 is 0 Å². The van der Waals surface area contributed by atoms with Gasteiger partial charge in [-0.05, 0) is 24.6 Å². The number of anilines is 1. The molecule has 2 aromatic heterocycles. The summed E-state index contributed by atoms with van der Waals surface area (Å²) in [5.74, 6) is 6.01. The quantitative estimate of drug-likeness (QED) is 0.530. The molecule has 0 amide bonds. The molecule has 0 aliphatic heterocycles.